The molecule has 2 aliphatic heterocycles. The molecule has 0 aromatic heterocycles. The molecule has 0 N–H and O–H groups in total. The first-order chi connectivity index (χ1) is 4.97. The van der Waals surface area contributed by atoms with Gasteiger partial charge < -0.3 is 0 Å². The third kappa shape index (κ3) is 1.12. The summed E-state index contributed by atoms with van der Waals surface area (Å²) < 4.78 is 0. The highest BCUT2D eigenvalue weighted by Crippen LogP contribution is 2.11. The number of nitrogens with zero attached hydrogens (tertiary/aromatic N) is 2. The van der Waals surface area contributed by atoms with Crippen molar-refractivity contribution in [3.05, 3.63) is 0 Å². The predicted octanol–water partition coefficient (Wildman–Crippen LogP) is -0.741. The van der Waals surface area contributed by atoms with Crippen LogP contribution < -0.4 is 0 Å². The van der Waals surface area contributed by atoms with Crippen molar-refractivity contribution in [3.63, 3.8) is 0 Å². The topological polar surface area (TPSA) is 43.4 Å². The Morgan fingerprint density at radius 3 is 1.20 bits per heavy atom. The summed E-state index contributed by atoms with van der Waals surface area (Å²) in [5, 5.41) is 2.18. The normalized spacial score (nSPS) is 30.0. The second kappa shape index (κ2) is 2.79. The lowest BCUT2D eigenvalue weighted by Gasteiger charge is -2.17. The quantitative estimate of drug-likeness (QED) is 0.488. The van der Waals surface area contributed by atoms with Gasteiger partial charge in [-0.15, -0.1) is 0 Å². The van der Waals surface area contributed by atoms with Crippen LogP contribution in [-0.2, 0) is 19.4 Å². The van der Waals surface area contributed by atoms with Crippen LogP contribution in [0.2, 0.25) is 0 Å². The number of rotatable bonds is 1. The number of hydrogen-bond donors (Lipinski definition) is 0. The number of hydrogen-bond acceptors (Lipinski definition) is 6. The van der Waals surface area contributed by atoms with E-state index in [0.29, 0.717) is 26.4 Å². The van der Waals surface area contributed by atoms with Gasteiger partial charge in [-0.05, 0) is 0 Å². The zero-order valence-electron chi connectivity index (χ0n) is 5.36. The van der Waals surface area contributed by atoms with Gasteiger partial charge in [0.2, 0.25) is 0 Å². The predicted molar refractivity (Wildman–Crippen MR) is 27.5 cm³/mol. The van der Waals surface area contributed by atoms with Crippen molar-refractivity contribution in [2.45, 2.75) is 0 Å². The molecule has 0 bridgehead atoms. The summed E-state index contributed by atoms with van der Waals surface area (Å²) in [6.45, 7) is 2.12. The van der Waals surface area contributed by atoms with Crippen molar-refractivity contribution < 1.29 is 19.4 Å². The van der Waals surface area contributed by atoms with Gasteiger partial charge in [0, 0.05) is 0 Å². The van der Waals surface area contributed by atoms with Gasteiger partial charge in [-0.2, -0.15) is 0 Å². The Hall–Kier alpha value is -0.240. The minimum Gasteiger partial charge on any atom is -0.254 e. The van der Waals surface area contributed by atoms with Crippen LogP contribution in [0.4, 0.5) is 0 Å². The molecule has 0 spiro atoms. The maximum Gasteiger partial charge on any atom is 0.0984 e. The molecular weight excluding hydrogens is 140 g/mol. The molecule has 58 valence electrons. The molecule has 2 aliphatic rings. The fraction of sp³-hybridized carbons (Fsp3) is 1.00. The number of hydrazine groups is 1. The summed E-state index contributed by atoms with van der Waals surface area (Å²) in [6, 6.07) is 0. The van der Waals surface area contributed by atoms with E-state index >= 15 is 0 Å². The summed E-state index contributed by atoms with van der Waals surface area (Å²) >= 11 is 0. The monoisotopic (exact) mass is 148 g/mol. The van der Waals surface area contributed by atoms with E-state index in [1.165, 1.54) is 0 Å². The van der Waals surface area contributed by atoms with Gasteiger partial charge in [-0.25, -0.2) is 0 Å². The van der Waals surface area contributed by atoms with Crippen LogP contribution in [0.3, 0.4) is 0 Å². The zero-order valence-corrected chi connectivity index (χ0v) is 5.36. The van der Waals surface area contributed by atoms with Crippen molar-refractivity contribution in [3.8, 4) is 0 Å². The molecule has 0 aromatic rings. The van der Waals surface area contributed by atoms with Gasteiger partial charge in [-0.3, -0.25) is 19.4 Å². The molecule has 2 rings (SSSR count). The van der Waals surface area contributed by atoms with E-state index in [9.17, 15) is 0 Å². The van der Waals surface area contributed by atoms with Crippen molar-refractivity contribution in [2.75, 3.05) is 26.4 Å². The first-order valence-electron chi connectivity index (χ1n) is 3.08. The van der Waals surface area contributed by atoms with Crippen LogP contribution in [0.5, 0.6) is 0 Å². The van der Waals surface area contributed by atoms with E-state index in [4.69, 9.17) is 19.4 Å². The maximum absolute atomic E-state index is 4.92. The first-order valence-corrected chi connectivity index (χ1v) is 3.08. The van der Waals surface area contributed by atoms with Crippen LogP contribution in [0, 0.1) is 0 Å². The summed E-state index contributed by atoms with van der Waals surface area (Å²) in [5.41, 5.74) is 0. The molecule has 6 heteroatoms. The van der Waals surface area contributed by atoms with Crippen LogP contribution in [0.15, 0.2) is 0 Å². The Morgan fingerprint density at radius 2 is 0.900 bits per heavy atom. The molecule has 6 nitrogen and oxygen atoms in total. The summed E-state index contributed by atoms with van der Waals surface area (Å²) in [7, 11) is 0. The Labute approximate surface area is 57.6 Å². The molecule has 0 aromatic carbocycles. The minimum absolute atomic E-state index is 0.531. The van der Waals surface area contributed by atoms with Crippen molar-refractivity contribution in [1.29, 1.82) is 0 Å². The van der Waals surface area contributed by atoms with Gasteiger partial charge in [0.1, 0.15) is 0 Å². The van der Waals surface area contributed by atoms with E-state index < -0.39 is 0 Å². The van der Waals surface area contributed by atoms with Gasteiger partial charge in [0.05, 0.1) is 37.1 Å². The third-order valence-corrected chi connectivity index (χ3v) is 1.11. The summed E-state index contributed by atoms with van der Waals surface area (Å²) in [4.78, 5) is 19.7. The van der Waals surface area contributed by atoms with E-state index in [2.05, 4.69) is 0 Å². The highest BCUT2D eigenvalue weighted by atomic mass is 17.2. The lowest BCUT2D eigenvalue weighted by atomic mass is 10.8. The lowest BCUT2D eigenvalue weighted by molar-refractivity contribution is -0.567. The van der Waals surface area contributed by atoms with Crippen molar-refractivity contribution in [2.24, 2.45) is 0 Å². The van der Waals surface area contributed by atoms with E-state index in [1.54, 1.807) is 0 Å². The third-order valence-electron chi connectivity index (χ3n) is 1.11. The second-order valence-electron chi connectivity index (χ2n) is 1.81. The second-order valence-corrected chi connectivity index (χ2v) is 1.81. The van der Waals surface area contributed by atoms with Gasteiger partial charge in [-0.1, -0.05) is 0 Å². The Bertz CT molecular complexity index is 95.8. The molecule has 0 saturated carbocycles. The molecule has 2 saturated heterocycles. The molecule has 0 aliphatic carbocycles. The Balaban J connectivity index is 1.85. The molecular formula is C4H8N2O4. The maximum atomic E-state index is 4.92. The van der Waals surface area contributed by atoms with Crippen molar-refractivity contribution >= 4 is 0 Å². The fourth-order valence-corrected chi connectivity index (χ4v) is 0.725. The Morgan fingerprint density at radius 1 is 0.600 bits per heavy atom. The van der Waals surface area contributed by atoms with Gasteiger partial charge >= 0.3 is 0 Å². The smallest absolute Gasteiger partial charge is 0.0984 e. The van der Waals surface area contributed by atoms with Gasteiger partial charge in [0.25, 0.3) is 0 Å². The SMILES string of the molecule is C1CON(N2OCCO2)O1. The van der Waals surface area contributed by atoms with E-state index in [0.717, 1.165) is 10.7 Å². The molecule has 0 amide bonds. The van der Waals surface area contributed by atoms with Crippen LogP contribution in [-0.4, -0.2) is 37.1 Å². The molecule has 0 unspecified atom stereocenters. The molecule has 0 radical (unpaired) electrons. The average molecular weight is 148 g/mol. The largest absolute Gasteiger partial charge is 0.254 e. The highest BCUT2D eigenvalue weighted by molar-refractivity contribution is 4.30. The van der Waals surface area contributed by atoms with Crippen LogP contribution in [0.1, 0.15) is 0 Å². The lowest BCUT2D eigenvalue weighted by Crippen LogP contribution is -2.34. The summed E-state index contributed by atoms with van der Waals surface area (Å²) in [6.07, 6.45) is 0. The van der Waals surface area contributed by atoms with Crippen molar-refractivity contribution in [1.82, 2.24) is 10.7 Å². The van der Waals surface area contributed by atoms with Crippen LogP contribution >= 0.6 is 0 Å². The zero-order chi connectivity index (χ0) is 6.81. The van der Waals surface area contributed by atoms with E-state index in [1.807, 2.05) is 0 Å². The van der Waals surface area contributed by atoms with E-state index in [-0.39, 0.29) is 0 Å². The molecule has 2 heterocycles. The first kappa shape index (κ1) is 6.47. The standard InChI is InChI=1S/C4H8N2O4/c1-2-8-5(7-1)6-9-3-4-10-6/h1-4H2. The minimum atomic E-state index is 0.531. The highest BCUT2D eigenvalue weighted by Gasteiger charge is 2.27. The average Bonchev–Trinajstić information content (AvgIpc) is 2.59. The molecule has 2 fully saturated rings. The molecule has 10 heavy (non-hydrogen) atoms. The fourth-order valence-electron chi connectivity index (χ4n) is 0.725. The van der Waals surface area contributed by atoms with Crippen LogP contribution in [0.25, 0.3) is 0 Å². The molecule has 0 atom stereocenters. The summed E-state index contributed by atoms with van der Waals surface area (Å²) in [5.74, 6) is 0. The van der Waals surface area contributed by atoms with Gasteiger partial charge in [0.15, 0.2) is 0 Å². The Kier molecular flexibility index (Phi) is 1.80.